The van der Waals surface area contributed by atoms with Crippen molar-refractivity contribution in [2.75, 3.05) is 6.54 Å². The fraction of sp³-hybridized carbons (Fsp3) is 0.353. The molecule has 0 bridgehead atoms. The van der Waals surface area contributed by atoms with Crippen LogP contribution in [0.1, 0.15) is 25.5 Å². The average molecular weight is 401 g/mol. The fourth-order valence-electron chi connectivity index (χ4n) is 2.96. The molecule has 1 aliphatic rings. The maximum Gasteiger partial charge on any atom is 0.409 e. The van der Waals surface area contributed by atoms with Gasteiger partial charge in [0.1, 0.15) is 6.04 Å². The smallest absolute Gasteiger partial charge is 0.287 e. The molecular formula is C17H16BrF3N2O. The van der Waals surface area contributed by atoms with Crippen LogP contribution in [0, 0.1) is 5.41 Å². The van der Waals surface area contributed by atoms with Crippen molar-refractivity contribution in [3.8, 4) is 0 Å². The molecule has 0 aliphatic carbocycles. The van der Waals surface area contributed by atoms with Crippen LogP contribution in [0.5, 0.6) is 0 Å². The van der Waals surface area contributed by atoms with Crippen LogP contribution >= 0.6 is 15.9 Å². The van der Waals surface area contributed by atoms with Crippen LogP contribution in [0.25, 0.3) is 10.8 Å². The highest BCUT2D eigenvalue weighted by Crippen LogP contribution is 2.42. The number of halogens is 4. The molecule has 1 saturated heterocycles. The molecule has 3 rings (SSSR count). The lowest BCUT2D eigenvalue weighted by Crippen LogP contribution is -2.43. The van der Waals surface area contributed by atoms with Gasteiger partial charge in [-0.05, 0) is 42.3 Å². The number of hydrazine groups is 1. The summed E-state index contributed by atoms with van der Waals surface area (Å²) in [5, 5.41) is 2.53. The van der Waals surface area contributed by atoms with Crippen molar-refractivity contribution in [1.82, 2.24) is 10.4 Å². The minimum Gasteiger partial charge on any atom is -0.287 e. The van der Waals surface area contributed by atoms with E-state index in [2.05, 4.69) is 21.4 Å². The molecule has 1 N–H and O–H groups in total. The highest BCUT2D eigenvalue weighted by molar-refractivity contribution is 9.10. The first-order chi connectivity index (χ1) is 11.1. The van der Waals surface area contributed by atoms with Crippen LogP contribution in [0.4, 0.5) is 13.2 Å². The second kappa shape index (κ2) is 5.74. The topological polar surface area (TPSA) is 32.3 Å². The van der Waals surface area contributed by atoms with Crippen molar-refractivity contribution in [1.29, 1.82) is 0 Å². The van der Waals surface area contributed by atoms with E-state index in [-0.39, 0.29) is 12.1 Å². The highest BCUT2D eigenvalue weighted by Gasteiger charge is 2.51. The van der Waals surface area contributed by atoms with E-state index in [1.54, 1.807) is 26.0 Å². The Balaban J connectivity index is 2.10. The number of hydrogen-bond acceptors (Lipinski definition) is 2. The number of benzene rings is 2. The Morgan fingerprint density at radius 3 is 2.50 bits per heavy atom. The van der Waals surface area contributed by atoms with Gasteiger partial charge in [-0.2, -0.15) is 13.2 Å². The summed E-state index contributed by atoms with van der Waals surface area (Å²) in [5.41, 5.74) is 1.60. The zero-order chi connectivity index (χ0) is 17.7. The van der Waals surface area contributed by atoms with Gasteiger partial charge in [0.15, 0.2) is 0 Å². The minimum atomic E-state index is -4.52. The van der Waals surface area contributed by atoms with Crippen molar-refractivity contribution in [2.45, 2.75) is 26.1 Å². The molecule has 0 radical (unpaired) electrons. The second-order valence-corrected chi connectivity index (χ2v) is 7.48. The normalized spacial score (nSPS) is 19.5. The van der Waals surface area contributed by atoms with E-state index in [1.165, 1.54) is 12.1 Å². The monoisotopic (exact) mass is 400 g/mol. The molecule has 128 valence electrons. The zero-order valence-electron chi connectivity index (χ0n) is 13.1. The molecule has 2 aromatic carbocycles. The number of nitrogens with zero attached hydrogens (tertiary/aromatic N) is 1. The largest absolute Gasteiger partial charge is 0.409 e. The van der Waals surface area contributed by atoms with Gasteiger partial charge in [0, 0.05) is 11.0 Å². The van der Waals surface area contributed by atoms with Crippen LogP contribution in [0.3, 0.4) is 0 Å². The Hall–Kier alpha value is -1.60. The van der Waals surface area contributed by atoms with Gasteiger partial charge in [0.25, 0.3) is 0 Å². The van der Waals surface area contributed by atoms with Crippen LogP contribution in [-0.2, 0) is 4.79 Å². The molecule has 1 atom stereocenters. The van der Waals surface area contributed by atoms with Gasteiger partial charge in [-0.3, -0.25) is 10.2 Å². The van der Waals surface area contributed by atoms with Gasteiger partial charge in [-0.25, -0.2) is 5.01 Å². The Bertz CT molecular complexity index is 804. The summed E-state index contributed by atoms with van der Waals surface area (Å²) < 4.78 is 41.9. The number of carbonyl (C=O) groups is 1. The first-order valence-electron chi connectivity index (χ1n) is 7.42. The molecule has 1 amide bonds. The third kappa shape index (κ3) is 3.02. The van der Waals surface area contributed by atoms with Crippen LogP contribution in [0.15, 0.2) is 40.9 Å². The predicted octanol–water partition coefficient (Wildman–Crippen LogP) is 4.58. The third-order valence-corrected chi connectivity index (χ3v) is 4.85. The van der Waals surface area contributed by atoms with E-state index in [0.29, 0.717) is 9.86 Å². The maximum atomic E-state index is 13.8. The van der Waals surface area contributed by atoms with E-state index in [1.807, 2.05) is 12.1 Å². The van der Waals surface area contributed by atoms with Crippen LogP contribution in [0.2, 0.25) is 0 Å². The van der Waals surface area contributed by atoms with E-state index in [0.717, 1.165) is 10.4 Å². The quantitative estimate of drug-likeness (QED) is 0.799. The van der Waals surface area contributed by atoms with Crippen molar-refractivity contribution in [2.24, 2.45) is 5.41 Å². The van der Waals surface area contributed by atoms with E-state index >= 15 is 0 Å². The van der Waals surface area contributed by atoms with E-state index < -0.39 is 23.5 Å². The Kier molecular flexibility index (Phi) is 4.12. The molecule has 0 unspecified atom stereocenters. The summed E-state index contributed by atoms with van der Waals surface area (Å²) in [6, 6.07) is 8.31. The fourth-order valence-corrected chi connectivity index (χ4v) is 3.59. The third-order valence-electron chi connectivity index (χ3n) is 4.20. The molecule has 0 saturated carbocycles. The molecule has 1 heterocycles. The number of carbonyl (C=O) groups excluding carboxylic acids is 1. The lowest BCUT2D eigenvalue weighted by molar-refractivity contribution is -0.191. The first-order valence-corrected chi connectivity index (χ1v) is 8.21. The minimum absolute atomic E-state index is 0.0134. The molecule has 1 aliphatic heterocycles. The lowest BCUT2D eigenvalue weighted by atomic mass is 9.93. The molecule has 0 aromatic heterocycles. The Labute approximate surface area is 145 Å². The summed E-state index contributed by atoms with van der Waals surface area (Å²) in [6.07, 6.45) is -4.52. The van der Waals surface area contributed by atoms with Crippen molar-refractivity contribution in [3.63, 3.8) is 0 Å². The van der Waals surface area contributed by atoms with Gasteiger partial charge in [-0.1, -0.05) is 40.2 Å². The number of alkyl halides is 3. The second-order valence-electron chi connectivity index (χ2n) is 6.62. The number of rotatable bonds is 2. The number of nitrogens with one attached hydrogen (secondary N) is 1. The number of hydrogen-bond donors (Lipinski definition) is 1. The molecule has 24 heavy (non-hydrogen) atoms. The molecule has 2 aromatic rings. The standard InChI is InChI=1S/C17H16BrF3N2O/c1-16(2)9-23(22-15(16)24)14(17(19,20)21)11-7-10-5-3-4-6-12(10)13(18)8-11/h3-8,14H,9H2,1-2H3,(H,22,24)/t14-/m0/s1. The first kappa shape index (κ1) is 17.2. The predicted molar refractivity (Wildman–Crippen MR) is 89.1 cm³/mol. The van der Waals surface area contributed by atoms with Gasteiger partial charge in [-0.15, -0.1) is 0 Å². The lowest BCUT2D eigenvalue weighted by Gasteiger charge is -2.30. The van der Waals surface area contributed by atoms with Gasteiger partial charge in [0.05, 0.1) is 5.41 Å². The van der Waals surface area contributed by atoms with Crippen molar-refractivity contribution < 1.29 is 18.0 Å². The summed E-state index contributed by atoms with van der Waals surface area (Å²) in [4.78, 5) is 11.9. The zero-order valence-corrected chi connectivity index (χ0v) is 14.7. The van der Waals surface area contributed by atoms with Crippen molar-refractivity contribution in [3.05, 3.63) is 46.4 Å². The van der Waals surface area contributed by atoms with E-state index in [9.17, 15) is 18.0 Å². The highest BCUT2D eigenvalue weighted by atomic mass is 79.9. The van der Waals surface area contributed by atoms with Gasteiger partial charge < -0.3 is 0 Å². The van der Waals surface area contributed by atoms with Crippen molar-refractivity contribution >= 4 is 32.6 Å². The van der Waals surface area contributed by atoms with Gasteiger partial charge >= 0.3 is 6.18 Å². The molecule has 7 heteroatoms. The molecule has 3 nitrogen and oxygen atoms in total. The average Bonchev–Trinajstić information content (AvgIpc) is 2.70. The molecular weight excluding hydrogens is 385 g/mol. The van der Waals surface area contributed by atoms with Crippen LogP contribution < -0.4 is 5.43 Å². The maximum absolute atomic E-state index is 13.8. The Morgan fingerprint density at radius 2 is 1.92 bits per heavy atom. The summed E-state index contributed by atoms with van der Waals surface area (Å²) in [6.45, 7) is 3.25. The summed E-state index contributed by atoms with van der Waals surface area (Å²) >= 11 is 3.35. The van der Waals surface area contributed by atoms with E-state index in [4.69, 9.17) is 0 Å². The molecule has 0 spiro atoms. The Morgan fingerprint density at radius 1 is 1.25 bits per heavy atom. The molecule has 1 fully saturated rings. The number of fused-ring (bicyclic) bond motifs is 1. The SMILES string of the molecule is CC1(C)CN([C@@H](c2cc(Br)c3ccccc3c2)C(F)(F)F)NC1=O. The van der Waals surface area contributed by atoms with Gasteiger partial charge in [0.2, 0.25) is 5.91 Å². The summed E-state index contributed by atoms with van der Waals surface area (Å²) in [7, 11) is 0. The summed E-state index contributed by atoms with van der Waals surface area (Å²) in [5.74, 6) is -0.406. The number of amides is 1. The van der Waals surface area contributed by atoms with Crippen LogP contribution in [-0.4, -0.2) is 23.6 Å².